The molecule has 29 heavy (non-hydrogen) atoms. The van der Waals surface area contributed by atoms with Crippen LogP contribution in [0.25, 0.3) is 10.9 Å². The molecule has 0 aliphatic rings. The Hall–Kier alpha value is -3.24. The fourth-order valence-electron chi connectivity index (χ4n) is 3.89. The standard InChI is InChI=1S/C25H24N2OSi/c1-18-10-7-16-22(29(2,3)20-13-5-4-6-14-20)23(18)25(28)27-21-15-8-11-19-12-9-17-26-24(19)21/h4-17H,1-3H3,(H,27,28). The van der Waals surface area contributed by atoms with Crippen LogP contribution in [0.5, 0.6) is 0 Å². The minimum Gasteiger partial charge on any atom is -0.320 e. The third kappa shape index (κ3) is 3.59. The molecule has 4 aromatic rings. The van der Waals surface area contributed by atoms with Crippen molar-refractivity contribution in [3.8, 4) is 0 Å². The number of carbonyl (C=O) groups is 1. The number of carbonyl (C=O) groups excluding carboxylic acids is 1. The van der Waals surface area contributed by atoms with Crippen molar-refractivity contribution in [1.29, 1.82) is 0 Å². The first kappa shape index (κ1) is 19.1. The van der Waals surface area contributed by atoms with Crippen LogP contribution < -0.4 is 15.7 Å². The van der Waals surface area contributed by atoms with Crippen LogP contribution in [0.4, 0.5) is 5.69 Å². The molecule has 144 valence electrons. The predicted molar refractivity (Wildman–Crippen MR) is 124 cm³/mol. The highest BCUT2D eigenvalue weighted by atomic mass is 28.3. The maximum Gasteiger partial charge on any atom is 0.255 e. The molecule has 1 aromatic heterocycles. The van der Waals surface area contributed by atoms with Gasteiger partial charge in [-0.25, -0.2) is 0 Å². The molecule has 0 spiro atoms. The summed E-state index contributed by atoms with van der Waals surface area (Å²) in [6.07, 6.45) is 1.75. The van der Waals surface area contributed by atoms with Gasteiger partial charge in [0.1, 0.15) is 8.07 Å². The predicted octanol–water partition coefficient (Wildman–Crippen LogP) is 4.62. The zero-order valence-electron chi connectivity index (χ0n) is 16.9. The van der Waals surface area contributed by atoms with Crippen LogP contribution in [0.1, 0.15) is 15.9 Å². The summed E-state index contributed by atoms with van der Waals surface area (Å²) in [4.78, 5) is 17.9. The molecule has 0 radical (unpaired) electrons. The average molecular weight is 397 g/mol. The number of hydrogen-bond acceptors (Lipinski definition) is 2. The second-order valence-electron chi connectivity index (χ2n) is 7.82. The molecule has 0 atom stereocenters. The molecule has 0 bridgehead atoms. The monoisotopic (exact) mass is 396 g/mol. The van der Waals surface area contributed by atoms with E-state index in [9.17, 15) is 4.79 Å². The van der Waals surface area contributed by atoms with Crippen molar-refractivity contribution in [2.24, 2.45) is 0 Å². The third-order valence-electron chi connectivity index (χ3n) is 5.55. The molecule has 1 amide bonds. The smallest absolute Gasteiger partial charge is 0.255 e. The van der Waals surface area contributed by atoms with Crippen LogP contribution >= 0.6 is 0 Å². The summed E-state index contributed by atoms with van der Waals surface area (Å²) in [5, 5.41) is 6.59. The highest BCUT2D eigenvalue weighted by Gasteiger charge is 2.31. The van der Waals surface area contributed by atoms with Crippen molar-refractivity contribution in [3.05, 3.63) is 96.2 Å². The van der Waals surface area contributed by atoms with Gasteiger partial charge in [-0.1, -0.05) is 85.0 Å². The normalized spacial score (nSPS) is 11.4. The van der Waals surface area contributed by atoms with E-state index in [1.165, 1.54) is 5.19 Å². The molecule has 4 rings (SSSR count). The Labute approximate surface area is 172 Å². The third-order valence-corrected chi connectivity index (χ3v) is 9.09. The van der Waals surface area contributed by atoms with Crippen molar-refractivity contribution in [2.75, 3.05) is 5.32 Å². The number of amides is 1. The van der Waals surface area contributed by atoms with E-state index in [-0.39, 0.29) is 5.91 Å². The molecule has 0 saturated carbocycles. The van der Waals surface area contributed by atoms with Gasteiger partial charge in [0.05, 0.1) is 11.2 Å². The quantitative estimate of drug-likeness (QED) is 0.512. The van der Waals surface area contributed by atoms with E-state index in [2.05, 4.69) is 59.8 Å². The van der Waals surface area contributed by atoms with Gasteiger partial charge in [-0.05, 0) is 29.8 Å². The van der Waals surface area contributed by atoms with Crippen molar-refractivity contribution in [3.63, 3.8) is 0 Å². The van der Waals surface area contributed by atoms with Gasteiger partial charge in [-0.2, -0.15) is 0 Å². The lowest BCUT2D eigenvalue weighted by molar-refractivity contribution is 0.102. The number of para-hydroxylation sites is 1. The van der Waals surface area contributed by atoms with Gasteiger partial charge in [0.2, 0.25) is 0 Å². The largest absolute Gasteiger partial charge is 0.320 e. The zero-order valence-corrected chi connectivity index (χ0v) is 17.9. The Balaban J connectivity index is 1.78. The van der Waals surface area contributed by atoms with E-state index >= 15 is 0 Å². The number of pyridine rings is 1. The number of nitrogens with one attached hydrogen (secondary N) is 1. The maximum atomic E-state index is 13.5. The molecule has 4 heteroatoms. The first-order chi connectivity index (χ1) is 14.0. The van der Waals surface area contributed by atoms with Gasteiger partial charge < -0.3 is 5.32 Å². The fourth-order valence-corrected chi connectivity index (χ4v) is 6.68. The lowest BCUT2D eigenvalue weighted by atomic mass is 10.1. The summed E-state index contributed by atoms with van der Waals surface area (Å²) in [7, 11) is -2.04. The van der Waals surface area contributed by atoms with Crippen molar-refractivity contribution >= 4 is 40.9 Å². The Bertz CT molecular complexity index is 1180. The summed E-state index contributed by atoms with van der Waals surface area (Å²) in [6, 6.07) is 26.5. The first-order valence-corrected chi connectivity index (χ1v) is 12.8. The van der Waals surface area contributed by atoms with E-state index in [0.29, 0.717) is 0 Å². The highest BCUT2D eigenvalue weighted by Crippen LogP contribution is 2.22. The number of aryl methyl sites for hydroxylation is 1. The summed E-state index contributed by atoms with van der Waals surface area (Å²) in [5.74, 6) is -0.0761. The van der Waals surface area contributed by atoms with Crippen LogP contribution in [0.15, 0.2) is 85.1 Å². The fraction of sp³-hybridized carbons (Fsp3) is 0.120. The number of anilines is 1. The van der Waals surface area contributed by atoms with Gasteiger partial charge in [-0.3, -0.25) is 9.78 Å². The van der Waals surface area contributed by atoms with Gasteiger partial charge >= 0.3 is 0 Å². The number of hydrogen-bond donors (Lipinski definition) is 1. The zero-order chi connectivity index (χ0) is 20.4. The van der Waals surface area contributed by atoms with E-state index < -0.39 is 8.07 Å². The molecule has 0 unspecified atom stereocenters. The number of nitrogens with zero attached hydrogens (tertiary/aromatic N) is 1. The van der Waals surface area contributed by atoms with Gasteiger partial charge in [0.15, 0.2) is 0 Å². The van der Waals surface area contributed by atoms with E-state index in [4.69, 9.17) is 0 Å². The summed E-state index contributed by atoms with van der Waals surface area (Å²) in [6.45, 7) is 6.61. The molecule has 0 fully saturated rings. The number of rotatable bonds is 4. The van der Waals surface area contributed by atoms with Crippen LogP contribution in [-0.4, -0.2) is 19.0 Å². The van der Waals surface area contributed by atoms with E-state index in [1.807, 2.05) is 49.4 Å². The Morgan fingerprint density at radius 2 is 1.59 bits per heavy atom. The molecule has 3 nitrogen and oxygen atoms in total. The van der Waals surface area contributed by atoms with E-state index in [1.54, 1.807) is 6.20 Å². The molecule has 0 aliphatic carbocycles. The van der Waals surface area contributed by atoms with Crippen LogP contribution in [0.3, 0.4) is 0 Å². The molecular formula is C25H24N2OSi. The topological polar surface area (TPSA) is 42.0 Å². The van der Waals surface area contributed by atoms with Gasteiger partial charge in [0, 0.05) is 17.1 Å². The Kier molecular flexibility index (Phi) is 5.03. The maximum absolute atomic E-state index is 13.5. The Morgan fingerprint density at radius 3 is 2.38 bits per heavy atom. The average Bonchev–Trinajstić information content (AvgIpc) is 2.74. The Morgan fingerprint density at radius 1 is 0.862 bits per heavy atom. The van der Waals surface area contributed by atoms with Crippen LogP contribution in [0.2, 0.25) is 13.1 Å². The first-order valence-electron chi connectivity index (χ1n) is 9.79. The minimum atomic E-state index is -2.04. The van der Waals surface area contributed by atoms with Gasteiger partial charge in [-0.15, -0.1) is 0 Å². The van der Waals surface area contributed by atoms with Crippen LogP contribution in [-0.2, 0) is 0 Å². The number of benzene rings is 3. The molecule has 1 N–H and O–H groups in total. The SMILES string of the molecule is Cc1cccc([Si](C)(C)c2ccccc2)c1C(=O)Nc1cccc2cccnc12. The van der Waals surface area contributed by atoms with Crippen LogP contribution in [0, 0.1) is 6.92 Å². The number of aromatic nitrogens is 1. The molecule has 0 saturated heterocycles. The van der Waals surface area contributed by atoms with Crippen molar-refractivity contribution in [1.82, 2.24) is 4.98 Å². The molecular weight excluding hydrogens is 372 g/mol. The van der Waals surface area contributed by atoms with Gasteiger partial charge in [0.25, 0.3) is 5.91 Å². The second-order valence-corrected chi connectivity index (χ2v) is 12.2. The molecule has 1 heterocycles. The molecule has 3 aromatic carbocycles. The summed E-state index contributed by atoms with van der Waals surface area (Å²) < 4.78 is 0. The summed E-state index contributed by atoms with van der Waals surface area (Å²) >= 11 is 0. The summed E-state index contributed by atoms with van der Waals surface area (Å²) in [5.41, 5.74) is 3.31. The lowest BCUT2D eigenvalue weighted by Crippen LogP contribution is -2.55. The highest BCUT2D eigenvalue weighted by molar-refractivity contribution is 7.01. The van der Waals surface area contributed by atoms with Crippen molar-refractivity contribution < 1.29 is 4.79 Å². The number of fused-ring (bicyclic) bond motifs is 1. The minimum absolute atomic E-state index is 0.0761. The van der Waals surface area contributed by atoms with Crippen molar-refractivity contribution in [2.45, 2.75) is 20.0 Å². The van der Waals surface area contributed by atoms with E-state index in [0.717, 1.165) is 32.9 Å². The lowest BCUT2D eigenvalue weighted by Gasteiger charge is -2.27. The molecule has 0 aliphatic heterocycles. The second kappa shape index (κ2) is 7.64.